The summed E-state index contributed by atoms with van der Waals surface area (Å²) in [5, 5.41) is 10.6. The first-order chi connectivity index (χ1) is 50.7. The van der Waals surface area contributed by atoms with Gasteiger partial charge >= 0.3 is 39.5 Å². The van der Waals surface area contributed by atoms with E-state index in [-0.39, 0.29) is 25.7 Å². The summed E-state index contributed by atoms with van der Waals surface area (Å²) in [5.41, 5.74) is 0. The lowest BCUT2D eigenvalue weighted by Gasteiger charge is -2.21. The molecule has 0 saturated carbocycles. The summed E-state index contributed by atoms with van der Waals surface area (Å²) in [6.07, 6.45) is 85.7. The lowest BCUT2D eigenvalue weighted by atomic mass is 10.1. The fourth-order valence-corrected chi connectivity index (χ4v) is 12.0. The van der Waals surface area contributed by atoms with Gasteiger partial charge in [0.2, 0.25) is 0 Å². The molecule has 0 spiro atoms. The summed E-state index contributed by atoms with van der Waals surface area (Å²) in [5.74, 6) is -2.25. The third-order valence-corrected chi connectivity index (χ3v) is 18.5. The predicted octanol–water partition coefficient (Wildman–Crippen LogP) is 23.7. The minimum atomic E-state index is -5.00. The second-order valence-corrected chi connectivity index (χ2v) is 29.5. The number of rotatable bonds is 75. The molecule has 0 bridgehead atoms. The molecule has 3 N–H and O–H groups in total. The van der Waals surface area contributed by atoms with Crippen LogP contribution in [-0.2, 0) is 65.4 Å². The number of aliphatic hydroxyl groups excluding tert-OH is 1. The number of unbranched alkanes of at least 4 members (excludes halogenated alkanes) is 27. The third kappa shape index (κ3) is 75.4. The summed E-state index contributed by atoms with van der Waals surface area (Å²) in [4.78, 5) is 73.1. The molecule has 19 heteroatoms. The van der Waals surface area contributed by atoms with Gasteiger partial charge in [-0.2, -0.15) is 0 Å². The second-order valence-electron chi connectivity index (χ2n) is 26.6. The Morgan fingerprint density at radius 1 is 0.279 bits per heavy atom. The van der Waals surface area contributed by atoms with Crippen LogP contribution in [0.2, 0.25) is 0 Å². The molecule has 5 unspecified atom stereocenters. The number of allylic oxidation sites excluding steroid dienone is 22. The van der Waals surface area contributed by atoms with Crippen molar-refractivity contribution in [3.8, 4) is 0 Å². The number of phosphoric acid groups is 2. The molecule has 0 amide bonds. The van der Waals surface area contributed by atoms with Gasteiger partial charge in [0.05, 0.1) is 26.4 Å². The summed E-state index contributed by atoms with van der Waals surface area (Å²) < 4.78 is 68.6. The van der Waals surface area contributed by atoms with E-state index in [1.54, 1.807) is 0 Å². The lowest BCUT2D eigenvalue weighted by molar-refractivity contribution is -0.161. The number of aliphatic hydroxyl groups is 1. The maximum Gasteiger partial charge on any atom is 0.472 e. The highest BCUT2D eigenvalue weighted by Crippen LogP contribution is 2.45. The van der Waals surface area contributed by atoms with Crippen molar-refractivity contribution in [3.05, 3.63) is 134 Å². The molecule has 0 aromatic rings. The SMILES string of the molecule is CC/C=C\C/C=C\C/C=C\C/C=C\C/C=C\CCCCCC(=O)OCC(COP(=O)(O)OCC(O)COP(=O)(O)OCC(COC(=O)CCCCCCC/C=C\C/C=C\CCCCC)OC(=O)CCCCCCC/C=C\CCCCCCCC)OC(=O)CCCCCCC/C=C\C/C=C\C/C=C\CC. The van der Waals surface area contributed by atoms with Crippen LogP contribution in [0.5, 0.6) is 0 Å². The van der Waals surface area contributed by atoms with E-state index in [1.165, 1.54) is 57.8 Å². The molecule has 0 aromatic carbocycles. The Kier molecular flexibility index (Phi) is 72.9. The van der Waals surface area contributed by atoms with E-state index in [1.807, 2.05) is 0 Å². The molecule has 596 valence electrons. The molecule has 0 aliphatic rings. The lowest BCUT2D eigenvalue weighted by Crippen LogP contribution is -2.30. The van der Waals surface area contributed by atoms with Gasteiger partial charge in [-0.3, -0.25) is 37.3 Å². The molecule has 0 aliphatic carbocycles. The minimum absolute atomic E-state index is 0.0640. The molecule has 17 nitrogen and oxygen atoms in total. The van der Waals surface area contributed by atoms with Crippen molar-refractivity contribution in [2.24, 2.45) is 0 Å². The number of hydrogen-bond donors (Lipinski definition) is 3. The van der Waals surface area contributed by atoms with Crippen molar-refractivity contribution in [2.45, 2.75) is 341 Å². The van der Waals surface area contributed by atoms with Crippen LogP contribution in [0.15, 0.2) is 134 Å². The molecule has 0 radical (unpaired) electrons. The standard InChI is InChI=1S/C85H144O17P2/c1-5-9-13-17-21-25-29-33-37-38-39-40-44-46-50-54-58-62-66-70-83(88)96-76-81(102-85(90)72-68-64-60-56-52-48-43-36-32-28-24-20-16-12-8-4)78-100-104(93,94)98-74-79(86)73-97-103(91,92)99-77-80(101-84(89)71-67-63-59-55-51-47-42-35-31-27-23-19-15-11-7-3)75-95-82(87)69-65-61-57-53-49-45-41-34-30-26-22-18-14-10-6-2/h9,12-13,16,21-22,24-26,28,33-37,39-43,46,50,79-81,86H,5-8,10-11,14-15,17-20,23,27,29-32,38,44-45,47-49,51-78H2,1-4H3,(H,91,92)(H,93,94)/b13-9-,16-12-,25-21-,26-22-,28-24-,37-33-,40-39-,41-34-,42-35-,43-36-,50-46-. The smallest absolute Gasteiger partial charge is 0.462 e. The Balaban J connectivity index is 5.42. The van der Waals surface area contributed by atoms with Gasteiger partial charge in [0.1, 0.15) is 19.3 Å². The third-order valence-electron chi connectivity index (χ3n) is 16.6. The topological polar surface area (TPSA) is 237 Å². The highest BCUT2D eigenvalue weighted by atomic mass is 31.2. The van der Waals surface area contributed by atoms with Crippen molar-refractivity contribution < 1.29 is 80.2 Å². The van der Waals surface area contributed by atoms with Crippen LogP contribution < -0.4 is 0 Å². The number of esters is 4. The molecule has 0 aliphatic heterocycles. The van der Waals surface area contributed by atoms with E-state index < -0.39 is 97.5 Å². The number of hydrogen-bond acceptors (Lipinski definition) is 15. The average Bonchev–Trinajstić information content (AvgIpc) is 0.918. The number of phosphoric ester groups is 2. The average molecular weight is 1500 g/mol. The van der Waals surface area contributed by atoms with Gasteiger partial charge in [0, 0.05) is 25.7 Å². The van der Waals surface area contributed by atoms with Gasteiger partial charge in [0.15, 0.2) is 12.2 Å². The fourth-order valence-electron chi connectivity index (χ4n) is 10.5. The molecular formula is C85H144O17P2. The molecule has 5 atom stereocenters. The van der Waals surface area contributed by atoms with Crippen LogP contribution in [0, 0.1) is 0 Å². The molecule has 0 aromatic heterocycles. The second kappa shape index (κ2) is 76.4. The number of carbonyl (C=O) groups excluding carboxylic acids is 4. The molecule has 0 heterocycles. The van der Waals surface area contributed by atoms with Crippen molar-refractivity contribution in [1.29, 1.82) is 0 Å². The first kappa shape index (κ1) is 99.2. The predicted molar refractivity (Wildman–Crippen MR) is 427 cm³/mol. The highest BCUT2D eigenvalue weighted by Gasteiger charge is 2.30. The van der Waals surface area contributed by atoms with Crippen molar-refractivity contribution >= 4 is 39.5 Å². The maximum absolute atomic E-state index is 13.1. The van der Waals surface area contributed by atoms with Crippen molar-refractivity contribution in [1.82, 2.24) is 0 Å². The summed E-state index contributed by atoms with van der Waals surface area (Å²) in [6, 6.07) is 0. The number of ether oxygens (including phenoxy) is 4. The first-order valence-electron chi connectivity index (χ1n) is 40.4. The van der Waals surface area contributed by atoms with Gasteiger partial charge in [-0.05, 0) is 161 Å². The number of carbonyl (C=O) groups is 4. The van der Waals surface area contributed by atoms with Crippen LogP contribution in [0.4, 0.5) is 0 Å². The zero-order valence-electron chi connectivity index (χ0n) is 65.2. The maximum atomic E-state index is 13.1. The van der Waals surface area contributed by atoms with Crippen LogP contribution in [-0.4, -0.2) is 96.7 Å². The van der Waals surface area contributed by atoms with E-state index in [9.17, 15) is 43.2 Å². The highest BCUT2D eigenvalue weighted by molar-refractivity contribution is 7.47. The normalized spacial score (nSPS) is 14.6. The summed E-state index contributed by atoms with van der Waals surface area (Å²) >= 11 is 0. The van der Waals surface area contributed by atoms with E-state index in [0.717, 1.165) is 186 Å². The van der Waals surface area contributed by atoms with Crippen molar-refractivity contribution in [3.63, 3.8) is 0 Å². The minimum Gasteiger partial charge on any atom is -0.462 e. The molecule has 0 rings (SSSR count). The van der Waals surface area contributed by atoms with Crippen LogP contribution in [0.3, 0.4) is 0 Å². The quantitative estimate of drug-likeness (QED) is 0.0169. The van der Waals surface area contributed by atoms with E-state index in [4.69, 9.17) is 37.0 Å². The Morgan fingerprint density at radius 3 is 0.808 bits per heavy atom. The summed E-state index contributed by atoms with van der Waals surface area (Å²) in [6.45, 7) is 4.55. The molecule has 0 saturated heterocycles. The fraction of sp³-hybridized carbons (Fsp3) is 0.694. The van der Waals surface area contributed by atoms with Gasteiger partial charge in [-0.25, -0.2) is 9.13 Å². The molecular weight excluding hydrogens is 1350 g/mol. The van der Waals surface area contributed by atoms with E-state index >= 15 is 0 Å². The van der Waals surface area contributed by atoms with Crippen LogP contribution in [0.1, 0.15) is 323 Å². The van der Waals surface area contributed by atoms with Crippen LogP contribution in [0.25, 0.3) is 0 Å². The van der Waals surface area contributed by atoms with E-state index in [2.05, 4.69) is 161 Å². The zero-order valence-corrected chi connectivity index (χ0v) is 66.9. The Bertz CT molecular complexity index is 2490. The van der Waals surface area contributed by atoms with Gasteiger partial charge in [-0.1, -0.05) is 271 Å². The molecule has 104 heavy (non-hydrogen) atoms. The van der Waals surface area contributed by atoms with Gasteiger partial charge in [-0.15, -0.1) is 0 Å². The van der Waals surface area contributed by atoms with Crippen LogP contribution >= 0.6 is 15.6 Å². The Labute approximate surface area is 631 Å². The van der Waals surface area contributed by atoms with Gasteiger partial charge in [0.25, 0.3) is 0 Å². The van der Waals surface area contributed by atoms with Gasteiger partial charge < -0.3 is 33.8 Å². The first-order valence-corrected chi connectivity index (χ1v) is 43.4. The Morgan fingerprint density at radius 2 is 0.500 bits per heavy atom. The monoisotopic (exact) mass is 1500 g/mol. The zero-order chi connectivity index (χ0) is 76.0. The van der Waals surface area contributed by atoms with E-state index in [0.29, 0.717) is 25.7 Å². The summed E-state index contributed by atoms with van der Waals surface area (Å²) in [7, 11) is -9.98. The largest absolute Gasteiger partial charge is 0.472 e. The molecule has 0 fully saturated rings. The van der Waals surface area contributed by atoms with Crippen molar-refractivity contribution in [2.75, 3.05) is 39.6 Å². The Hall–Kier alpha value is -4.80.